The molecule has 2 heteroatoms. The van der Waals surface area contributed by atoms with Crippen molar-refractivity contribution < 1.29 is 9.53 Å². The zero-order chi connectivity index (χ0) is 14.5. The van der Waals surface area contributed by atoms with Gasteiger partial charge in [0.2, 0.25) is 0 Å². The van der Waals surface area contributed by atoms with E-state index in [1.807, 2.05) is 0 Å². The van der Waals surface area contributed by atoms with Gasteiger partial charge in [0, 0.05) is 17.8 Å². The quantitative estimate of drug-likeness (QED) is 0.674. The maximum atomic E-state index is 12.2. The van der Waals surface area contributed by atoms with Gasteiger partial charge in [-0.2, -0.15) is 0 Å². The Labute approximate surface area is 128 Å². The molecule has 1 spiro atoms. The predicted molar refractivity (Wildman–Crippen MR) is 80.8 cm³/mol. The Morgan fingerprint density at radius 3 is 2.76 bits per heavy atom. The van der Waals surface area contributed by atoms with E-state index in [1.165, 1.54) is 44.9 Å². The maximum Gasteiger partial charge on any atom is 0.136 e. The summed E-state index contributed by atoms with van der Waals surface area (Å²) in [6.07, 6.45) is 10.4. The van der Waals surface area contributed by atoms with Crippen molar-refractivity contribution in [3.8, 4) is 0 Å². The molecular weight excluding hydrogens is 260 g/mol. The molecule has 0 N–H and O–H groups in total. The third-order valence-electron chi connectivity index (χ3n) is 9.00. The van der Waals surface area contributed by atoms with E-state index in [4.69, 9.17) is 4.74 Å². The highest BCUT2D eigenvalue weighted by Gasteiger charge is 2.70. The van der Waals surface area contributed by atoms with E-state index in [-0.39, 0.29) is 0 Å². The van der Waals surface area contributed by atoms with E-state index in [1.54, 1.807) is 0 Å². The number of Topliss-reactive ketones (excluding diaryl/α,β-unsaturated/α-hetero) is 1. The molecule has 5 rings (SSSR count). The standard InChI is InChI=1S/C19H28O2/c1-17-11-21-16(17)6-7-18(2)15(17)4-3-13-9-12-10-19(13,18)8-5-14(12)20/h12-13,15-16H,3-11H2,1-2H3/t12?,13?,15?,16?,17-,18-,19?/m0/s1. The fourth-order valence-corrected chi connectivity index (χ4v) is 7.89. The lowest BCUT2D eigenvalue weighted by molar-refractivity contribution is -0.286. The zero-order valence-corrected chi connectivity index (χ0v) is 13.5. The topological polar surface area (TPSA) is 26.3 Å². The van der Waals surface area contributed by atoms with Gasteiger partial charge < -0.3 is 4.74 Å². The maximum absolute atomic E-state index is 12.2. The Morgan fingerprint density at radius 2 is 2.00 bits per heavy atom. The average molecular weight is 288 g/mol. The summed E-state index contributed by atoms with van der Waals surface area (Å²) in [5.41, 5.74) is 1.41. The van der Waals surface area contributed by atoms with Crippen LogP contribution in [0.5, 0.6) is 0 Å². The Kier molecular flexibility index (Phi) is 2.34. The molecule has 5 unspecified atom stereocenters. The molecule has 1 heterocycles. The highest BCUT2D eigenvalue weighted by Crippen LogP contribution is 2.75. The first-order chi connectivity index (χ1) is 10.00. The fourth-order valence-electron chi connectivity index (χ4n) is 7.89. The molecule has 0 radical (unpaired) electrons. The van der Waals surface area contributed by atoms with Gasteiger partial charge in [0.1, 0.15) is 5.78 Å². The number of carbonyl (C=O) groups is 1. The Bertz CT molecular complexity index is 514. The highest BCUT2D eigenvalue weighted by atomic mass is 16.5. The van der Waals surface area contributed by atoms with E-state index >= 15 is 0 Å². The van der Waals surface area contributed by atoms with E-state index in [2.05, 4.69) is 13.8 Å². The van der Waals surface area contributed by atoms with Crippen LogP contribution in [0.2, 0.25) is 0 Å². The van der Waals surface area contributed by atoms with Gasteiger partial charge in [0.15, 0.2) is 0 Å². The minimum absolute atomic E-state index is 0.419. The lowest BCUT2D eigenvalue weighted by Crippen LogP contribution is -2.67. The summed E-state index contributed by atoms with van der Waals surface area (Å²) in [6.45, 7) is 6.10. The molecule has 21 heavy (non-hydrogen) atoms. The molecule has 5 fully saturated rings. The molecular formula is C19H28O2. The molecule has 5 aliphatic rings. The number of hydrogen-bond donors (Lipinski definition) is 0. The van der Waals surface area contributed by atoms with Gasteiger partial charge in [0.25, 0.3) is 0 Å². The molecule has 1 saturated heterocycles. The smallest absolute Gasteiger partial charge is 0.136 e. The van der Waals surface area contributed by atoms with Gasteiger partial charge in [-0.05, 0) is 67.6 Å². The second kappa shape index (κ2) is 3.75. The fraction of sp³-hybridized carbons (Fsp3) is 0.947. The summed E-state index contributed by atoms with van der Waals surface area (Å²) < 4.78 is 5.91. The van der Waals surface area contributed by atoms with Gasteiger partial charge in [0.05, 0.1) is 12.7 Å². The van der Waals surface area contributed by atoms with Crippen LogP contribution in [-0.2, 0) is 9.53 Å². The van der Waals surface area contributed by atoms with Crippen molar-refractivity contribution in [2.45, 2.75) is 71.3 Å². The number of carbonyl (C=O) groups excluding carboxylic acids is 1. The summed E-state index contributed by atoms with van der Waals surface area (Å²) >= 11 is 0. The van der Waals surface area contributed by atoms with Crippen molar-refractivity contribution in [2.24, 2.45) is 34.0 Å². The van der Waals surface area contributed by atoms with Crippen LogP contribution in [0.25, 0.3) is 0 Å². The van der Waals surface area contributed by atoms with Gasteiger partial charge in [-0.1, -0.05) is 13.8 Å². The molecule has 2 bridgehead atoms. The van der Waals surface area contributed by atoms with Crippen LogP contribution in [0.3, 0.4) is 0 Å². The van der Waals surface area contributed by atoms with Crippen LogP contribution in [0, 0.1) is 34.0 Å². The summed E-state index contributed by atoms with van der Waals surface area (Å²) in [4.78, 5) is 12.2. The summed E-state index contributed by atoms with van der Waals surface area (Å²) in [5.74, 6) is 2.68. The third-order valence-corrected chi connectivity index (χ3v) is 9.00. The molecule has 0 amide bonds. The van der Waals surface area contributed by atoms with Crippen LogP contribution >= 0.6 is 0 Å². The summed E-state index contributed by atoms with van der Waals surface area (Å²) in [5, 5.41) is 0. The van der Waals surface area contributed by atoms with Gasteiger partial charge in [-0.3, -0.25) is 4.79 Å². The monoisotopic (exact) mass is 288 g/mol. The molecule has 0 aromatic heterocycles. The van der Waals surface area contributed by atoms with Crippen LogP contribution in [0.15, 0.2) is 0 Å². The van der Waals surface area contributed by atoms with E-state index in [0.29, 0.717) is 34.1 Å². The molecule has 4 aliphatic carbocycles. The second-order valence-corrected chi connectivity index (χ2v) is 9.35. The average Bonchev–Trinajstić information content (AvgIpc) is 2.77. The first kappa shape index (κ1) is 13.1. The number of ether oxygens (including phenoxy) is 1. The summed E-state index contributed by atoms with van der Waals surface area (Å²) in [6, 6.07) is 0. The SMILES string of the molecule is C[C@@]12COC1CC[C@@]1(C)C2CCC2CC3CC21CCC3=O. The van der Waals surface area contributed by atoms with Crippen molar-refractivity contribution >= 4 is 5.78 Å². The highest BCUT2D eigenvalue weighted by molar-refractivity contribution is 5.82. The van der Waals surface area contributed by atoms with Gasteiger partial charge >= 0.3 is 0 Å². The first-order valence-electron chi connectivity index (χ1n) is 9.14. The minimum Gasteiger partial charge on any atom is -0.377 e. The van der Waals surface area contributed by atoms with Crippen molar-refractivity contribution in [3.63, 3.8) is 0 Å². The van der Waals surface area contributed by atoms with Crippen molar-refractivity contribution in [1.29, 1.82) is 0 Å². The molecule has 1 aliphatic heterocycles. The van der Waals surface area contributed by atoms with E-state index < -0.39 is 0 Å². The molecule has 2 nitrogen and oxygen atoms in total. The van der Waals surface area contributed by atoms with Crippen LogP contribution in [0.4, 0.5) is 0 Å². The van der Waals surface area contributed by atoms with Gasteiger partial charge in [-0.15, -0.1) is 0 Å². The normalized spacial score (nSPS) is 61.5. The number of hydrogen-bond acceptors (Lipinski definition) is 2. The lowest BCUT2D eigenvalue weighted by atomic mass is 9.38. The molecule has 116 valence electrons. The van der Waals surface area contributed by atoms with E-state index in [9.17, 15) is 4.79 Å². The Hall–Kier alpha value is -0.370. The largest absolute Gasteiger partial charge is 0.377 e. The van der Waals surface area contributed by atoms with Crippen LogP contribution in [0.1, 0.15) is 65.2 Å². The lowest BCUT2D eigenvalue weighted by Gasteiger charge is -2.69. The van der Waals surface area contributed by atoms with E-state index in [0.717, 1.165) is 24.9 Å². The Balaban J connectivity index is 1.60. The van der Waals surface area contributed by atoms with Gasteiger partial charge in [-0.25, -0.2) is 0 Å². The summed E-state index contributed by atoms with van der Waals surface area (Å²) in [7, 11) is 0. The third kappa shape index (κ3) is 1.30. The predicted octanol–water partition coefficient (Wildman–Crippen LogP) is 3.98. The minimum atomic E-state index is 0.419. The second-order valence-electron chi connectivity index (χ2n) is 9.35. The van der Waals surface area contributed by atoms with Crippen LogP contribution < -0.4 is 0 Å². The number of fused-ring (bicyclic) bond motifs is 4. The molecule has 4 saturated carbocycles. The van der Waals surface area contributed by atoms with Crippen molar-refractivity contribution in [1.82, 2.24) is 0 Å². The Morgan fingerprint density at radius 1 is 1.14 bits per heavy atom. The van der Waals surface area contributed by atoms with Crippen molar-refractivity contribution in [2.75, 3.05) is 6.61 Å². The van der Waals surface area contributed by atoms with Crippen LogP contribution in [-0.4, -0.2) is 18.5 Å². The molecule has 0 aromatic carbocycles. The first-order valence-corrected chi connectivity index (χ1v) is 9.14. The number of rotatable bonds is 0. The molecule has 7 atom stereocenters. The number of ketones is 1. The zero-order valence-electron chi connectivity index (χ0n) is 13.5. The van der Waals surface area contributed by atoms with Crippen molar-refractivity contribution in [3.05, 3.63) is 0 Å². The molecule has 0 aromatic rings.